The molecule has 0 spiro atoms. The Bertz CT molecular complexity index is 2200. The summed E-state index contributed by atoms with van der Waals surface area (Å²) in [5, 5.41) is 11.2. The van der Waals surface area contributed by atoms with Crippen LogP contribution in [-0.2, 0) is 33.5 Å². The molecule has 0 aliphatic rings. The van der Waals surface area contributed by atoms with Gasteiger partial charge in [0.05, 0.1) is 16.6 Å². The molecule has 2 aromatic heterocycles. The van der Waals surface area contributed by atoms with E-state index in [1.807, 2.05) is 43.6 Å². The molecule has 0 radical (unpaired) electrons. The summed E-state index contributed by atoms with van der Waals surface area (Å²) < 4.78 is 2.10. The number of aromatic hydroxyl groups is 1. The molecule has 4 nitrogen and oxygen atoms in total. The summed E-state index contributed by atoms with van der Waals surface area (Å²) in [5.74, 6) is 1.31. The van der Waals surface area contributed by atoms with Gasteiger partial charge in [-0.3, -0.25) is 4.98 Å². The zero-order valence-electron chi connectivity index (χ0n) is 27.8. The summed E-state index contributed by atoms with van der Waals surface area (Å²) in [4.78, 5) is 10.0. The zero-order chi connectivity index (χ0) is 32.7. The normalized spacial score (nSPS) is 11.5. The Labute approximate surface area is 297 Å². The van der Waals surface area contributed by atoms with Crippen LogP contribution in [0.3, 0.4) is 0 Å². The van der Waals surface area contributed by atoms with Gasteiger partial charge >= 0.3 is 0 Å². The molecule has 0 atom stereocenters. The average molecular weight is 808 g/mol. The van der Waals surface area contributed by atoms with Crippen LogP contribution in [0.15, 0.2) is 128 Å². The number of aromatic nitrogens is 3. The zero-order valence-corrected chi connectivity index (χ0v) is 30.1. The summed E-state index contributed by atoms with van der Waals surface area (Å²) in [6.07, 6.45) is 1.96. The van der Waals surface area contributed by atoms with Crippen molar-refractivity contribution in [3.05, 3.63) is 150 Å². The van der Waals surface area contributed by atoms with E-state index in [1.165, 1.54) is 16.7 Å². The number of rotatable bonds is 7. The topological polar surface area (TPSA) is 50.9 Å². The van der Waals surface area contributed by atoms with E-state index in [-0.39, 0.29) is 32.2 Å². The van der Waals surface area contributed by atoms with E-state index in [1.54, 1.807) is 6.07 Å². The van der Waals surface area contributed by atoms with Gasteiger partial charge in [0.15, 0.2) is 0 Å². The van der Waals surface area contributed by atoms with Crippen molar-refractivity contribution in [1.29, 1.82) is 0 Å². The van der Waals surface area contributed by atoms with E-state index >= 15 is 0 Å². The first-order valence-corrected chi connectivity index (χ1v) is 16.1. The molecule has 0 aliphatic carbocycles. The van der Waals surface area contributed by atoms with E-state index in [4.69, 9.17) is 9.97 Å². The second-order valence-electron chi connectivity index (χ2n) is 13.1. The van der Waals surface area contributed by atoms with Crippen molar-refractivity contribution in [1.82, 2.24) is 14.5 Å². The minimum atomic E-state index is -0.282. The number of pyridine rings is 1. The molecule has 48 heavy (non-hydrogen) atoms. The second kappa shape index (κ2) is 13.4. The van der Waals surface area contributed by atoms with E-state index < -0.39 is 0 Å². The predicted molar refractivity (Wildman–Crippen MR) is 193 cm³/mol. The van der Waals surface area contributed by atoms with Gasteiger partial charge in [0.1, 0.15) is 11.6 Å². The molecule has 1 N–H and O–H groups in total. The van der Waals surface area contributed by atoms with Gasteiger partial charge < -0.3 is 9.67 Å². The fourth-order valence-corrected chi connectivity index (χ4v) is 6.32. The van der Waals surface area contributed by atoms with Gasteiger partial charge in [-0.2, -0.15) is 0 Å². The number of hydrogen-bond acceptors (Lipinski definition) is 3. The van der Waals surface area contributed by atoms with Gasteiger partial charge in [-0.25, -0.2) is 4.98 Å². The smallest absolute Gasteiger partial charge is 0.143 e. The van der Waals surface area contributed by atoms with Crippen LogP contribution in [-0.4, -0.2) is 19.6 Å². The Hall–Kier alpha value is -4.79. The van der Waals surface area contributed by atoms with Crippen LogP contribution in [0.5, 0.6) is 5.75 Å². The van der Waals surface area contributed by atoms with E-state index in [9.17, 15) is 5.11 Å². The summed E-state index contributed by atoms with van der Waals surface area (Å²) in [7, 11) is 2.03. The minimum absolute atomic E-state index is 0. The number of fused-ring (bicyclic) bond motifs is 1. The fourth-order valence-electron chi connectivity index (χ4n) is 6.32. The van der Waals surface area contributed by atoms with Gasteiger partial charge in [0.2, 0.25) is 0 Å². The minimum Gasteiger partial charge on any atom is -0.507 e. The SMILES string of the molecule is CC(C)c1ccc(-c2[c-]c(-c3cc(C(C)(C)c4ccccc4)cc4c3nc(-c3cc(-c5ccccc5)ccc3O)n4C)ccc2)nc1.[Pt]. The van der Waals surface area contributed by atoms with Crippen molar-refractivity contribution in [2.24, 2.45) is 7.05 Å². The van der Waals surface area contributed by atoms with Crippen LogP contribution >= 0.6 is 0 Å². The average Bonchev–Trinajstić information content (AvgIpc) is 3.44. The monoisotopic (exact) mass is 807 g/mol. The summed E-state index contributed by atoms with van der Waals surface area (Å²) in [6, 6.07) is 45.2. The van der Waals surface area contributed by atoms with Crippen LogP contribution in [0, 0.1) is 6.07 Å². The molecule has 5 heteroatoms. The molecular weight excluding hydrogens is 770 g/mol. The van der Waals surface area contributed by atoms with Gasteiger partial charge in [-0.15, -0.1) is 29.8 Å². The Morgan fingerprint density at radius 3 is 2.10 bits per heavy atom. The standard InChI is InChI=1S/C43H38N3O.Pt/c1-28(2)33-19-21-38(44-27-33)32-16-12-15-31(23-32)36-25-35(43(3,4)34-17-10-7-11-18-34)26-39-41(36)45-42(46(39)5)37-24-30(20-22-40(37)47)29-13-8-6-9-14-29;/h6-22,24-28,47H,1-5H3;/q-1;. The Morgan fingerprint density at radius 2 is 1.42 bits per heavy atom. The summed E-state index contributed by atoms with van der Waals surface area (Å²) >= 11 is 0. The Balaban J connectivity index is 0.00000401. The maximum atomic E-state index is 11.2. The molecule has 0 saturated carbocycles. The molecule has 0 amide bonds. The summed E-state index contributed by atoms with van der Waals surface area (Å²) in [5.41, 5.74) is 11.7. The molecular formula is C43H38N3OPt-. The molecule has 2 heterocycles. The number of hydrogen-bond donors (Lipinski definition) is 1. The molecule has 7 rings (SSSR count). The van der Waals surface area contributed by atoms with E-state index in [0.717, 1.165) is 44.5 Å². The molecule has 7 aromatic rings. The molecule has 0 aliphatic heterocycles. The molecule has 0 saturated heterocycles. The fraction of sp³-hybridized carbons (Fsp3) is 0.163. The molecule has 0 fully saturated rings. The van der Waals surface area contributed by atoms with Crippen molar-refractivity contribution in [3.8, 4) is 50.6 Å². The van der Waals surface area contributed by atoms with Crippen LogP contribution < -0.4 is 0 Å². The van der Waals surface area contributed by atoms with Gasteiger partial charge in [0, 0.05) is 45.4 Å². The molecule has 0 bridgehead atoms. The number of aryl methyl sites for hydroxylation is 1. The van der Waals surface area contributed by atoms with E-state index in [0.29, 0.717) is 17.3 Å². The predicted octanol–water partition coefficient (Wildman–Crippen LogP) is 10.6. The van der Waals surface area contributed by atoms with Crippen LogP contribution in [0.2, 0.25) is 0 Å². The van der Waals surface area contributed by atoms with Gasteiger partial charge in [0.25, 0.3) is 0 Å². The Kier molecular flexibility index (Phi) is 9.23. The second-order valence-corrected chi connectivity index (χ2v) is 13.1. The maximum Gasteiger partial charge on any atom is 0.143 e. The third-order valence-corrected chi connectivity index (χ3v) is 9.36. The van der Waals surface area contributed by atoms with Crippen molar-refractivity contribution in [2.45, 2.75) is 39.0 Å². The number of phenols is 1. The quantitative estimate of drug-likeness (QED) is 0.163. The number of nitrogens with zero attached hydrogens (tertiary/aromatic N) is 3. The van der Waals surface area contributed by atoms with Gasteiger partial charge in [-0.1, -0.05) is 124 Å². The van der Waals surface area contributed by atoms with E-state index in [2.05, 4.69) is 123 Å². The van der Waals surface area contributed by atoms with Gasteiger partial charge in [-0.05, 0) is 51.9 Å². The first-order chi connectivity index (χ1) is 22.7. The molecule has 5 aromatic carbocycles. The largest absolute Gasteiger partial charge is 0.507 e. The van der Waals surface area contributed by atoms with Crippen LogP contribution in [0.1, 0.15) is 50.3 Å². The van der Waals surface area contributed by atoms with Crippen molar-refractivity contribution in [3.63, 3.8) is 0 Å². The maximum absolute atomic E-state index is 11.2. The van der Waals surface area contributed by atoms with Crippen molar-refractivity contribution < 1.29 is 26.2 Å². The Morgan fingerprint density at radius 1 is 0.708 bits per heavy atom. The first kappa shape index (κ1) is 33.1. The van der Waals surface area contributed by atoms with Crippen LogP contribution in [0.4, 0.5) is 0 Å². The number of imidazole rings is 1. The summed E-state index contributed by atoms with van der Waals surface area (Å²) in [6.45, 7) is 8.88. The third kappa shape index (κ3) is 6.13. The first-order valence-electron chi connectivity index (χ1n) is 16.1. The van der Waals surface area contributed by atoms with Crippen molar-refractivity contribution >= 4 is 11.0 Å². The third-order valence-electron chi connectivity index (χ3n) is 9.36. The number of phenolic OH excluding ortho intramolecular Hbond substituents is 1. The molecule has 242 valence electrons. The van der Waals surface area contributed by atoms with Crippen molar-refractivity contribution in [2.75, 3.05) is 0 Å². The molecule has 0 unspecified atom stereocenters. The number of benzene rings is 5. The van der Waals surface area contributed by atoms with Crippen LogP contribution in [0.25, 0.3) is 55.9 Å².